The van der Waals surface area contributed by atoms with Crippen LogP contribution in [-0.4, -0.2) is 23.7 Å². The van der Waals surface area contributed by atoms with Gasteiger partial charge in [-0.1, -0.05) is 42.5 Å². The summed E-state index contributed by atoms with van der Waals surface area (Å²) in [5, 5.41) is 0. The van der Waals surface area contributed by atoms with Crippen LogP contribution in [0.3, 0.4) is 0 Å². The number of nitrogens with zero attached hydrogens (tertiary/aromatic N) is 1. The van der Waals surface area contributed by atoms with Crippen LogP contribution < -0.4 is 0 Å². The van der Waals surface area contributed by atoms with Gasteiger partial charge in [0.05, 0.1) is 0 Å². The minimum Gasteiger partial charge on any atom is -0.292 e. The molecule has 0 unspecified atom stereocenters. The number of carbonyl (C=O) groups excluding carboxylic acids is 1. The molecule has 1 aromatic heterocycles. The highest BCUT2D eigenvalue weighted by atomic mass is 32.2. The normalized spacial score (nSPS) is 27.0. The maximum Gasteiger partial charge on any atom is 0.269 e. The molecule has 0 amide bonds. The number of carbonyl (C=O) groups is 1. The van der Waals surface area contributed by atoms with Crippen molar-refractivity contribution >= 4 is 15.9 Å². The molecule has 0 saturated heterocycles. The highest BCUT2D eigenvalue weighted by Gasteiger charge is 2.48. The summed E-state index contributed by atoms with van der Waals surface area (Å²) in [6.45, 7) is 0. The second-order valence-electron chi connectivity index (χ2n) is 7.05. The molecule has 1 aromatic carbocycles. The van der Waals surface area contributed by atoms with Crippen LogP contribution in [0.1, 0.15) is 34.0 Å². The molecular formula is C20H19NO4S. The number of hydrogen-bond donors (Lipinski definition) is 1. The quantitative estimate of drug-likeness (QED) is 0.497. The van der Waals surface area contributed by atoms with E-state index in [-0.39, 0.29) is 23.5 Å². The smallest absolute Gasteiger partial charge is 0.269 e. The fourth-order valence-electron chi connectivity index (χ4n) is 4.36. The van der Waals surface area contributed by atoms with Crippen molar-refractivity contribution in [3.8, 4) is 0 Å². The van der Waals surface area contributed by atoms with Crippen LogP contribution in [0.5, 0.6) is 0 Å². The Bertz CT molecular complexity index is 951. The van der Waals surface area contributed by atoms with Crippen molar-refractivity contribution in [3.05, 3.63) is 77.6 Å². The third-order valence-electron chi connectivity index (χ3n) is 5.39. The molecule has 6 heteroatoms. The predicted octanol–water partition coefficient (Wildman–Crippen LogP) is 3.26. The summed E-state index contributed by atoms with van der Waals surface area (Å²) in [7, 11) is -4.05. The lowest BCUT2D eigenvalue weighted by Gasteiger charge is -2.27. The number of Topliss-reactive ketones (excluding diaryl/α,β-unsaturated/α-hetero) is 1. The lowest BCUT2D eigenvalue weighted by Crippen LogP contribution is -2.27. The van der Waals surface area contributed by atoms with E-state index < -0.39 is 15.9 Å². The SMILES string of the molecule is O=C(c1ccccn1)[C@@H]1[C@@H](c2ccc(CS(=O)(=O)O)cc2)[C@H]2C=C[C@@H]1C2. The summed E-state index contributed by atoms with van der Waals surface area (Å²) >= 11 is 0. The molecular weight excluding hydrogens is 350 g/mol. The summed E-state index contributed by atoms with van der Waals surface area (Å²) in [5.74, 6) is 0.114. The Morgan fingerprint density at radius 1 is 1.08 bits per heavy atom. The Balaban J connectivity index is 1.64. The molecule has 1 N–H and O–H groups in total. The Kier molecular flexibility index (Phi) is 4.25. The summed E-state index contributed by atoms with van der Waals surface area (Å²) in [5.41, 5.74) is 2.05. The van der Waals surface area contributed by atoms with E-state index >= 15 is 0 Å². The minimum atomic E-state index is -4.05. The fraction of sp³-hybridized carbons (Fsp3) is 0.300. The van der Waals surface area contributed by atoms with Gasteiger partial charge in [0, 0.05) is 18.0 Å². The van der Waals surface area contributed by atoms with Gasteiger partial charge in [-0.25, -0.2) is 0 Å². The first-order valence-corrected chi connectivity index (χ1v) is 10.2. The highest BCUT2D eigenvalue weighted by Crippen LogP contribution is 2.53. The summed E-state index contributed by atoms with van der Waals surface area (Å²) in [4.78, 5) is 17.3. The number of allylic oxidation sites excluding steroid dienone is 2. The molecule has 26 heavy (non-hydrogen) atoms. The maximum absolute atomic E-state index is 13.1. The zero-order valence-corrected chi connectivity index (χ0v) is 14.8. The second-order valence-corrected chi connectivity index (χ2v) is 8.50. The topological polar surface area (TPSA) is 84.3 Å². The van der Waals surface area contributed by atoms with Crippen molar-refractivity contribution in [2.45, 2.75) is 18.1 Å². The van der Waals surface area contributed by atoms with Crippen LogP contribution in [0.15, 0.2) is 60.8 Å². The van der Waals surface area contributed by atoms with Gasteiger partial charge in [0.1, 0.15) is 11.4 Å². The monoisotopic (exact) mass is 369 g/mol. The van der Waals surface area contributed by atoms with Crippen molar-refractivity contribution in [2.75, 3.05) is 0 Å². The van der Waals surface area contributed by atoms with Crippen LogP contribution >= 0.6 is 0 Å². The molecule has 0 radical (unpaired) electrons. The van der Waals surface area contributed by atoms with Crippen LogP contribution in [0.2, 0.25) is 0 Å². The number of rotatable bonds is 5. The number of fused-ring (bicyclic) bond motifs is 2. The largest absolute Gasteiger partial charge is 0.292 e. The zero-order chi connectivity index (χ0) is 18.3. The number of benzene rings is 1. The van der Waals surface area contributed by atoms with Crippen molar-refractivity contribution < 1.29 is 17.8 Å². The van der Waals surface area contributed by atoms with Crippen molar-refractivity contribution in [1.29, 1.82) is 0 Å². The molecule has 134 valence electrons. The first kappa shape index (κ1) is 17.1. The highest BCUT2D eigenvalue weighted by molar-refractivity contribution is 7.85. The van der Waals surface area contributed by atoms with Crippen LogP contribution in [0.25, 0.3) is 0 Å². The van der Waals surface area contributed by atoms with Gasteiger partial charge in [0.15, 0.2) is 5.78 Å². The van der Waals surface area contributed by atoms with E-state index in [4.69, 9.17) is 4.55 Å². The lowest BCUT2D eigenvalue weighted by molar-refractivity contribution is 0.0881. The van der Waals surface area contributed by atoms with E-state index in [1.165, 1.54) is 0 Å². The summed E-state index contributed by atoms with van der Waals surface area (Å²) < 4.78 is 31.1. The number of aromatic nitrogens is 1. The van der Waals surface area contributed by atoms with Gasteiger partial charge in [0.25, 0.3) is 10.1 Å². The maximum atomic E-state index is 13.1. The second kappa shape index (κ2) is 6.45. The van der Waals surface area contributed by atoms with Crippen molar-refractivity contribution in [2.24, 2.45) is 17.8 Å². The Labute approximate surface area is 152 Å². The summed E-state index contributed by atoms with van der Waals surface area (Å²) in [6, 6.07) is 12.5. The lowest BCUT2D eigenvalue weighted by atomic mass is 9.75. The zero-order valence-electron chi connectivity index (χ0n) is 14.0. The Morgan fingerprint density at radius 3 is 2.46 bits per heavy atom. The molecule has 2 aliphatic carbocycles. The molecule has 2 bridgehead atoms. The number of hydrogen-bond acceptors (Lipinski definition) is 4. The third-order valence-corrected chi connectivity index (χ3v) is 6.09. The molecule has 0 aliphatic heterocycles. The average molecular weight is 369 g/mol. The van der Waals surface area contributed by atoms with Crippen LogP contribution in [0, 0.1) is 17.8 Å². The fourth-order valence-corrected chi connectivity index (χ4v) is 4.97. The first-order chi connectivity index (χ1) is 12.4. The van der Waals surface area contributed by atoms with E-state index in [1.54, 1.807) is 30.5 Å². The first-order valence-electron chi connectivity index (χ1n) is 8.60. The van der Waals surface area contributed by atoms with E-state index in [0.29, 0.717) is 17.2 Å². The molecule has 2 aliphatic rings. The Morgan fingerprint density at radius 2 is 1.81 bits per heavy atom. The number of ketones is 1. The van der Waals surface area contributed by atoms with Crippen LogP contribution in [-0.2, 0) is 15.9 Å². The molecule has 4 atom stereocenters. The molecule has 5 nitrogen and oxygen atoms in total. The van der Waals surface area contributed by atoms with Gasteiger partial charge in [-0.15, -0.1) is 0 Å². The molecule has 1 fully saturated rings. The van der Waals surface area contributed by atoms with Gasteiger partial charge in [-0.3, -0.25) is 14.3 Å². The van der Waals surface area contributed by atoms with E-state index in [1.807, 2.05) is 18.2 Å². The molecule has 1 saturated carbocycles. The molecule has 1 heterocycles. The van der Waals surface area contributed by atoms with Gasteiger partial charge < -0.3 is 0 Å². The standard InChI is InChI=1S/C20H19NO4S/c22-20(17-3-1-2-10-21-17)19-16-9-8-15(11-16)18(19)14-6-4-13(5-7-14)12-26(23,24)25/h1-10,15-16,18-19H,11-12H2,(H,23,24,25)/t15-,16+,18-,19-/m0/s1. The van der Waals surface area contributed by atoms with E-state index in [0.717, 1.165) is 12.0 Å². The van der Waals surface area contributed by atoms with Gasteiger partial charge in [-0.2, -0.15) is 8.42 Å². The summed E-state index contributed by atoms with van der Waals surface area (Å²) in [6.07, 6.45) is 6.92. The van der Waals surface area contributed by atoms with Crippen molar-refractivity contribution in [1.82, 2.24) is 4.98 Å². The van der Waals surface area contributed by atoms with Gasteiger partial charge >= 0.3 is 0 Å². The number of pyridine rings is 1. The predicted molar refractivity (Wildman–Crippen MR) is 97.2 cm³/mol. The average Bonchev–Trinajstić information content (AvgIpc) is 3.22. The molecule has 0 spiro atoms. The molecule has 4 rings (SSSR count). The van der Waals surface area contributed by atoms with E-state index in [9.17, 15) is 13.2 Å². The Hall–Kier alpha value is -2.31. The van der Waals surface area contributed by atoms with E-state index in [2.05, 4.69) is 17.1 Å². The minimum absolute atomic E-state index is 0.0643. The van der Waals surface area contributed by atoms with Gasteiger partial charge in [0.2, 0.25) is 0 Å². The van der Waals surface area contributed by atoms with Crippen LogP contribution in [0.4, 0.5) is 0 Å². The molecule has 2 aromatic rings. The van der Waals surface area contributed by atoms with Crippen molar-refractivity contribution in [3.63, 3.8) is 0 Å². The third kappa shape index (κ3) is 3.22. The van der Waals surface area contributed by atoms with Gasteiger partial charge in [-0.05, 0) is 41.5 Å².